The van der Waals surface area contributed by atoms with Crippen LogP contribution in [0, 0.1) is 5.41 Å². The van der Waals surface area contributed by atoms with Crippen molar-refractivity contribution in [2.45, 2.75) is 51.0 Å². The van der Waals surface area contributed by atoms with Crippen LogP contribution in [0.1, 0.15) is 44.9 Å². The molecule has 3 fully saturated rings. The Morgan fingerprint density at radius 3 is 2.44 bits per heavy atom. The van der Waals surface area contributed by atoms with Gasteiger partial charge in [-0.25, -0.2) is 0 Å². The zero-order valence-corrected chi connectivity index (χ0v) is 16.3. The van der Waals surface area contributed by atoms with Gasteiger partial charge in [0.15, 0.2) is 5.96 Å². The highest BCUT2D eigenvalue weighted by atomic mass is 16.2. The van der Waals surface area contributed by atoms with E-state index in [2.05, 4.69) is 20.1 Å². The fraction of sp³-hybridized carbons (Fsp3) is 0.895. The second-order valence-corrected chi connectivity index (χ2v) is 8.22. The Kier molecular flexibility index (Phi) is 5.87. The van der Waals surface area contributed by atoms with Gasteiger partial charge in [0, 0.05) is 46.8 Å². The van der Waals surface area contributed by atoms with Crippen molar-refractivity contribution >= 4 is 11.9 Å². The van der Waals surface area contributed by atoms with Crippen molar-refractivity contribution < 1.29 is 4.79 Å². The molecule has 0 spiro atoms. The lowest BCUT2D eigenvalue weighted by atomic mass is 9.84. The monoisotopic (exact) mass is 349 g/mol. The molecule has 2 saturated heterocycles. The average molecular weight is 350 g/mol. The number of carbonyl (C=O) groups is 1. The minimum absolute atomic E-state index is 0.243. The van der Waals surface area contributed by atoms with Crippen molar-refractivity contribution in [3.8, 4) is 0 Å². The number of amides is 1. The van der Waals surface area contributed by atoms with E-state index in [1.54, 1.807) is 4.90 Å². The summed E-state index contributed by atoms with van der Waals surface area (Å²) < 4.78 is 0. The molecular weight excluding hydrogens is 314 g/mol. The Morgan fingerprint density at radius 1 is 1.16 bits per heavy atom. The van der Waals surface area contributed by atoms with Crippen molar-refractivity contribution in [1.82, 2.24) is 20.0 Å². The van der Waals surface area contributed by atoms with Gasteiger partial charge in [0.05, 0.1) is 5.41 Å². The molecule has 25 heavy (non-hydrogen) atoms. The molecule has 0 bridgehead atoms. The van der Waals surface area contributed by atoms with Crippen LogP contribution in [-0.4, -0.2) is 86.5 Å². The summed E-state index contributed by atoms with van der Waals surface area (Å²) >= 11 is 0. The highest BCUT2D eigenvalue weighted by molar-refractivity contribution is 5.85. The molecule has 0 radical (unpaired) electrons. The molecule has 0 aromatic heterocycles. The Morgan fingerprint density at radius 2 is 1.84 bits per heavy atom. The molecule has 1 saturated carbocycles. The maximum atomic E-state index is 12.7. The van der Waals surface area contributed by atoms with Gasteiger partial charge in [-0.05, 0) is 45.2 Å². The van der Waals surface area contributed by atoms with Crippen molar-refractivity contribution in [3.63, 3.8) is 0 Å². The van der Waals surface area contributed by atoms with Gasteiger partial charge in [-0.1, -0.05) is 12.8 Å². The van der Waals surface area contributed by atoms with E-state index in [9.17, 15) is 4.79 Å². The van der Waals surface area contributed by atoms with Crippen molar-refractivity contribution in [3.05, 3.63) is 0 Å². The van der Waals surface area contributed by atoms with Gasteiger partial charge < -0.3 is 15.1 Å². The number of guanidine groups is 1. The van der Waals surface area contributed by atoms with Crippen LogP contribution < -0.4 is 5.32 Å². The van der Waals surface area contributed by atoms with E-state index in [4.69, 9.17) is 0 Å². The predicted octanol–water partition coefficient (Wildman–Crippen LogP) is 1.38. The molecular formula is C19H35N5O. The normalized spacial score (nSPS) is 27.1. The summed E-state index contributed by atoms with van der Waals surface area (Å²) in [5, 5.41) is 3.55. The maximum absolute atomic E-state index is 12.7. The third-order valence-corrected chi connectivity index (χ3v) is 6.34. The quantitative estimate of drug-likeness (QED) is 0.615. The number of nitrogens with one attached hydrogen (secondary N) is 1. The van der Waals surface area contributed by atoms with Gasteiger partial charge in [0.2, 0.25) is 5.91 Å². The van der Waals surface area contributed by atoms with E-state index in [0.29, 0.717) is 12.6 Å². The summed E-state index contributed by atoms with van der Waals surface area (Å²) in [5.74, 6) is 1.24. The highest BCUT2D eigenvalue weighted by Gasteiger charge is 2.42. The number of nitrogens with zero attached hydrogens (tertiary/aromatic N) is 4. The third kappa shape index (κ3) is 3.94. The second-order valence-electron chi connectivity index (χ2n) is 8.22. The molecule has 1 unspecified atom stereocenters. The van der Waals surface area contributed by atoms with E-state index in [0.717, 1.165) is 44.7 Å². The van der Waals surface area contributed by atoms with Gasteiger partial charge in [0.1, 0.15) is 0 Å². The smallest absolute Gasteiger partial charge is 0.230 e. The molecule has 6 nitrogen and oxygen atoms in total. The van der Waals surface area contributed by atoms with Gasteiger partial charge >= 0.3 is 0 Å². The Labute approximate surface area is 152 Å². The molecule has 3 rings (SSSR count). The molecule has 6 heteroatoms. The highest BCUT2D eigenvalue weighted by Crippen LogP contribution is 2.39. The number of rotatable bonds is 4. The van der Waals surface area contributed by atoms with Crippen molar-refractivity contribution in [2.75, 3.05) is 53.9 Å². The fourth-order valence-corrected chi connectivity index (χ4v) is 4.91. The zero-order chi connectivity index (χ0) is 17.9. The lowest BCUT2D eigenvalue weighted by molar-refractivity contribution is -0.138. The topological polar surface area (TPSA) is 51.2 Å². The summed E-state index contributed by atoms with van der Waals surface area (Å²) in [5.41, 5.74) is -0.243. The lowest BCUT2D eigenvalue weighted by Crippen LogP contribution is -2.50. The number of likely N-dealkylation sites (tertiary alicyclic amines) is 2. The van der Waals surface area contributed by atoms with Crippen LogP contribution in [0.5, 0.6) is 0 Å². The van der Waals surface area contributed by atoms with Crippen molar-refractivity contribution in [2.24, 2.45) is 10.4 Å². The Hall–Kier alpha value is -1.30. The van der Waals surface area contributed by atoms with Crippen LogP contribution in [0.15, 0.2) is 4.99 Å². The Bertz CT molecular complexity index is 492. The number of aliphatic imine (C=N–C) groups is 1. The minimum Gasteiger partial charge on any atom is -0.355 e. The molecule has 0 aromatic carbocycles. The fourth-order valence-electron chi connectivity index (χ4n) is 4.91. The van der Waals surface area contributed by atoms with Gasteiger partial charge in [-0.3, -0.25) is 14.7 Å². The van der Waals surface area contributed by atoms with E-state index >= 15 is 0 Å². The Balaban J connectivity index is 1.58. The molecule has 2 aliphatic heterocycles. The van der Waals surface area contributed by atoms with E-state index in [-0.39, 0.29) is 11.3 Å². The SMILES string of the molecule is CN=C(NCC1(C(=O)N(C)C)CCCC1)N1CCC(N2CCCC2)C1. The third-order valence-electron chi connectivity index (χ3n) is 6.34. The molecule has 0 aromatic rings. The standard InChI is InChI=1S/C19H35N5O/c1-20-18(24-13-8-16(14-24)23-11-6-7-12-23)21-15-19(9-4-5-10-19)17(25)22(2)3/h16H,4-15H2,1-3H3,(H,20,21). The predicted molar refractivity (Wildman–Crippen MR) is 102 cm³/mol. The van der Waals surface area contributed by atoms with E-state index in [1.807, 2.05) is 21.1 Å². The number of hydrogen-bond acceptors (Lipinski definition) is 3. The largest absolute Gasteiger partial charge is 0.355 e. The molecule has 1 aliphatic carbocycles. The van der Waals surface area contributed by atoms with Gasteiger partial charge in [-0.2, -0.15) is 0 Å². The molecule has 3 aliphatic rings. The van der Waals surface area contributed by atoms with Crippen LogP contribution in [0.2, 0.25) is 0 Å². The van der Waals surface area contributed by atoms with E-state index < -0.39 is 0 Å². The van der Waals surface area contributed by atoms with Crippen LogP contribution in [-0.2, 0) is 4.79 Å². The number of hydrogen-bond donors (Lipinski definition) is 1. The summed E-state index contributed by atoms with van der Waals surface area (Å²) in [6, 6.07) is 0.671. The first-order valence-corrected chi connectivity index (χ1v) is 9.97. The van der Waals surface area contributed by atoms with Crippen LogP contribution in [0.3, 0.4) is 0 Å². The summed E-state index contributed by atoms with van der Waals surface area (Å²) in [6.45, 7) is 5.35. The first kappa shape index (κ1) is 18.5. The van der Waals surface area contributed by atoms with Crippen LogP contribution in [0.4, 0.5) is 0 Å². The first-order valence-electron chi connectivity index (χ1n) is 9.97. The van der Waals surface area contributed by atoms with Crippen LogP contribution >= 0.6 is 0 Å². The number of carbonyl (C=O) groups excluding carboxylic acids is 1. The molecule has 142 valence electrons. The molecule has 2 heterocycles. The first-order chi connectivity index (χ1) is 12.1. The van der Waals surface area contributed by atoms with Gasteiger partial charge in [0.25, 0.3) is 0 Å². The maximum Gasteiger partial charge on any atom is 0.230 e. The molecule has 1 atom stereocenters. The summed E-state index contributed by atoms with van der Waals surface area (Å²) in [4.78, 5) is 24.0. The van der Waals surface area contributed by atoms with Crippen LogP contribution in [0.25, 0.3) is 0 Å². The average Bonchev–Trinajstić information content (AvgIpc) is 3.35. The van der Waals surface area contributed by atoms with Crippen molar-refractivity contribution in [1.29, 1.82) is 0 Å². The minimum atomic E-state index is -0.243. The zero-order valence-electron chi connectivity index (χ0n) is 16.3. The summed E-state index contributed by atoms with van der Waals surface area (Å²) in [7, 11) is 5.61. The molecule has 1 amide bonds. The van der Waals surface area contributed by atoms with Gasteiger partial charge in [-0.15, -0.1) is 0 Å². The lowest BCUT2D eigenvalue weighted by Gasteiger charge is -2.33. The molecule has 1 N–H and O–H groups in total. The summed E-state index contributed by atoms with van der Waals surface area (Å²) in [6.07, 6.45) is 8.20. The van der Waals surface area contributed by atoms with E-state index in [1.165, 1.54) is 32.4 Å². The second kappa shape index (κ2) is 7.94.